The highest BCUT2D eigenvalue weighted by Gasteiger charge is 2.24. The van der Waals surface area contributed by atoms with Gasteiger partial charge in [-0.05, 0) is 18.4 Å². The van der Waals surface area contributed by atoms with Crippen LogP contribution in [0.15, 0.2) is 30.3 Å². The Hall–Kier alpha value is -2.28. The molecule has 2 N–H and O–H groups in total. The molecule has 1 aromatic rings. The summed E-state index contributed by atoms with van der Waals surface area (Å²) in [5, 5.41) is 11.7. The Morgan fingerprint density at radius 2 is 1.96 bits per heavy atom. The number of carboxylic acid groups (broad SMARTS) is 1. The van der Waals surface area contributed by atoms with Gasteiger partial charge in [0.2, 0.25) is 0 Å². The van der Waals surface area contributed by atoms with Gasteiger partial charge in [-0.1, -0.05) is 30.3 Å². The predicted octanol–water partition coefficient (Wildman–Crippen LogP) is 1.99. The first-order chi connectivity index (χ1) is 11.6. The van der Waals surface area contributed by atoms with E-state index in [-0.39, 0.29) is 12.6 Å². The third-order valence-corrected chi connectivity index (χ3v) is 4.32. The van der Waals surface area contributed by atoms with E-state index >= 15 is 0 Å². The molecule has 1 aliphatic rings. The summed E-state index contributed by atoms with van der Waals surface area (Å²) in [5.74, 6) is 0. The van der Waals surface area contributed by atoms with E-state index in [9.17, 15) is 9.59 Å². The summed E-state index contributed by atoms with van der Waals surface area (Å²) in [6.45, 7) is 3.20. The van der Waals surface area contributed by atoms with E-state index in [0.717, 1.165) is 38.0 Å². The zero-order valence-corrected chi connectivity index (χ0v) is 14.0. The van der Waals surface area contributed by atoms with Gasteiger partial charge in [-0.3, -0.25) is 0 Å². The Labute approximate surface area is 142 Å². The number of nitrogens with one attached hydrogen (secondary N) is 1. The van der Waals surface area contributed by atoms with Crippen LogP contribution in [0, 0.1) is 0 Å². The SMILES string of the molecule is CN(C(=O)O)C1CCN(CCNC(=O)OCc2ccccc2)CC1. The maximum absolute atomic E-state index is 11.7. The van der Waals surface area contributed by atoms with Gasteiger partial charge >= 0.3 is 12.2 Å². The molecule has 1 fully saturated rings. The molecule has 0 aliphatic carbocycles. The van der Waals surface area contributed by atoms with Crippen molar-refractivity contribution < 1.29 is 19.4 Å². The Morgan fingerprint density at radius 1 is 1.29 bits per heavy atom. The molecule has 132 valence electrons. The summed E-state index contributed by atoms with van der Waals surface area (Å²) in [7, 11) is 1.62. The monoisotopic (exact) mass is 335 g/mol. The summed E-state index contributed by atoms with van der Waals surface area (Å²) in [5.41, 5.74) is 0.956. The van der Waals surface area contributed by atoms with Gasteiger partial charge in [-0.2, -0.15) is 0 Å². The zero-order valence-electron chi connectivity index (χ0n) is 14.0. The summed E-state index contributed by atoms with van der Waals surface area (Å²) < 4.78 is 5.15. The highest BCUT2D eigenvalue weighted by molar-refractivity contribution is 5.67. The van der Waals surface area contributed by atoms with Gasteiger partial charge in [0, 0.05) is 39.3 Å². The lowest BCUT2D eigenvalue weighted by Gasteiger charge is -2.35. The van der Waals surface area contributed by atoms with Crippen molar-refractivity contribution in [2.45, 2.75) is 25.5 Å². The molecule has 0 spiro atoms. The van der Waals surface area contributed by atoms with Crippen molar-refractivity contribution in [1.29, 1.82) is 0 Å². The number of likely N-dealkylation sites (tertiary alicyclic amines) is 1. The summed E-state index contributed by atoms with van der Waals surface area (Å²) >= 11 is 0. The van der Waals surface area contributed by atoms with Crippen LogP contribution in [0.4, 0.5) is 9.59 Å². The van der Waals surface area contributed by atoms with Crippen molar-refractivity contribution in [3.63, 3.8) is 0 Å². The van der Waals surface area contributed by atoms with Crippen LogP contribution in [0.25, 0.3) is 0 Å². The van der Waals surface area contributed by atoms with E-state index in [2.05, 4.69) is 10.2 Å². The maximum atomic E-state index is 11.7. The van der Waals surface area contributed by atoms with Crippen molar-refractivity contribution in [3.05, 3.63) is 35.9 Å². The third-order valence-electron chi connectivity index (χ3n) is 4.32. The van der Waals surface area contributed by atoms with Crippen LogP contribution in [-0.2, 0) is 11.3 Å². The molecule has 0 atom stereocenters. The van der Waals surface area contributed by atoms with Gasteiger partial charge in [0.25, 0.3) is 0 Å². The Bertz CT molecular complexity index is 530. The van der Waals surface area contributed by atoms with Crippen molar-refractivity contribution in [3.8, 4) is 0 Å². The fourth-order valence-corrected chi connectivity index (χ4v) is 2.78. The molecule has 1 aromatic carbocycles. The van der Waals surface area contributed by atoms with E-state index in [0.29, 0.717) is 6.54 Å². The standard InChI is InChI=1S/C17H25N3O4/c1-19(17(22)23)15-7-10-20(11-8-15)12-9-18-16(21)24-13-14-5-3-2-4-6-14/h2-6,15H,7-13H2,1H3,(H,18,21)(H,22,23). The molecule has 1 heterocycles. The van der Waals surface area contributed by atoms with Gasteiger partial charge < -0.3 is 25.0 Å². The number of benzene rings is 1. The summed E-state index contributed by atoms with van der Waals surface area (Å²) in [6, 6.07) is 9.63. The number of hydrogen-bond acceptors (Lipinski definition) is 4. The minimum atomic E-state index is -0.878. The van der Waals surface area contributed by atoms with Crippen LogP contribution in [0.5, 0.6) is 0 Å². The van der Waals surface area contributed by atoms with E-state index in [1.807, 2.05) is 30.3 Å². The van der Waals surface area contributed by atoms with E-state index in [1.165, 1.54) is 4.90 Å². The second kappa shape index (κ2) is 9.12. The predicted molar refractivity (Wildman–Crippen MR) is 89.9 cm³/mol. The molecular formula is C17H25N3O4. The highest BCUT2D eigenvalue weighted by atomic mass is 16.5. The molecule has 0 unspecified atom stereocenters. The number of rotatable bonds is 6. The Morgan fingerprint density at radius 3 is 2.58 bits per heavy atom. The van der Waals surface area contributed by atoms with Crippen molar-refractivity contribution >= 4 is 12.2 Å². The minimum Gasteiger partial charge on any atom is -0.465 e. The lowest BCUT2D eigenvalue weighted by atomic mass is 10.0. The molecule has 2 rings (SSSR count). The molecule has 1 aliphatic heterocycles. The largest absolute Gasteiger partial charge is 0.465 e. The van der Waals surface area contributed by atoms with Crippen molar-refractivity contribution in [1.82, 2.24) is 15.1 Å². The number of alkyl carbamates (subject to hydrolysis) is 1. The second-order valence-corrected chi connectivity index (χ2v) is 5.95. The maximum Gasteiger partial charge on any atom is 0.407 e. The summed E-state index contributed by atoms with van der Waals surface area (Å²) in [6.07, 6.45) is 0.346. The van der Waals surface area contributed by atoms with Crippen LogP contribution >= 0.6 is 0 Å². The number of ether oxygens (including phenoxy) is 1. The average Bonchev–Trinajstić information content (AvgIpc) is 2.61. The lowest BCUT2D eigenvalue weighted by Crippen LogP contribution is -2.46. The number of nitrogens with zero attached hydrogens (tertiary/aromatic N) is 2. The van der Waals surface area contributed by atoms with E-state index < -0.39 is 12.2 Å². The van der Waals surface area contributed by atoms with Crippen LogP contribution < -0.4 is 5.32 Å². The zero-order chi connectivity index (χ0) is 17.4. The first kappa shape index (κ1) is 18.1. The normalized spacial score (nSPS) is 15.7. The van der Waals surface area contributed by atoms with Gasteiger partial charge in [0.1, 0.15) is 6.61 Å². The fourth-order valence-electron chi connectivity index (χ4n) is 2.78. The molecule has 7 nitrogen and oxygen atoms in total. The molecule has 1 saturated heterocycles. The number of carbonyl (C=O) groups is 2. The van der Waals surface area contributed by atoms with Gasteiger partial charge in [0.05, 0.1) is 0 Å². The first-order valence-electron chi connectivity index (χ1n) is 8.19. The van der Waals surface area contributed by atoms with Crippen LogP contribution in [0.2, 0.25) is 0 Å². The lowest BCUT2D eigenvalue weighted by molar-refractivity contribution is 0.104. The smallest absolute Gasteiger partial charge is 0.407 e. The van der Waals surface area contributed by atoms with Crippen LogP contribution in [-0.4, -0.2) is 66.4 Å². The van der Waals surface area contributed by atoms with Gasteiger partial charge in [-0.25, -0.2) is 9.59 Å². The highest BCUT2D eigenvalue weighted by Crippen LogP contribution is 2.14. The molecule has 7 heteroatoms. The van der Waals surface area contributed by atoms with E-state index in [4.69, 9.17) is 9.84 Å². The fraction of sp³-hybridized carbons (Fsp3) is 0.529. The number of amides is 2. The minimum absolute atomic E-state index is 0.0857. The van der Waals surface area contributed by atoms with Crippen LogP contribution in [0.1, 0.15) is 18.4 Å². The quantitative estimate of drug-likeness (QED) is 0.831. The van der Waals surface area contributed by atoms with Gasteiger partial charge in [-0.15, -0.1) is 0 Å². The van der Waals surface area contributed by atoms with E-state index in [1.54, 1.807) is 7.05 Å². The molecule has 0 saturated carbocycles. The van der Waals surface area contributed by atoms with Crippen LogP contribution in [0.3, 0.4) is 0 Å². The number of piperidine rings is 1. The Balaban J connectivity index is 1.58. The number of carbonyl (C=O) groups excluding carboxylic acids is 1. The molecule has 2 amide bonds. The Kier molecular flexibility index (Phi) is 6.87. The average molecular weight is 335 g/mol. The second-order valence-electron chi connectivity index (χ2n) is 5.95. The van der Waals surface area contributed by atoms with Crippen molar-refractivity contribution in [2.75, 3.05) is 33.2 Å². The topological polar surface area (TPSA) is 82.1 Å². The molecule has 0 aromatic heterocycles. The number of hydrogen-bond donors (Lipinski definition) is 2. The molecule has 24 heavy (non-hydrogen) atoms. The first-order valence-corrected chi connectivity index (χ1v) is 8.19. The third kappa shape index (κ3) is 5.73. The molecule has 0 bridgehead atoms. The van der Waals surface area contributed by atoms with Crippen molar-refractivity contribution in [2.24, 2.45) is 0 Å². The molecule has 0 radical (unpaired) electrons. The van der Waals surface area contributed by atoms with Gasteiger partial charge in [0.15, 0.2) is 0 Å². The summed E-state index contributed by atoms with van der Waals surface area (Å²) in [4.78, 5) is 26.2. The molecular weight excluding hydrogens is 310 g/mol.